The van der Waals surface area contributed by atoms with E-state index in [1.807, 2.05) is 48.0 Å². The van der Waals surface area contributed by atoms with Gasteiger partial charge in [0.1, 0.15) is 5.82 Å². The first-order valence-electron chi connectivity index (χ1n) is 9.69. The van der Waals surface area contributed by atoms with Gasteiger partial charge in [0.05, 0.1) is 17.9 Å². The minimum atomic E-state index is -0.985. The number of aliphatic hydroxyl groups is 1. The van der Waals surface area contributed by atoms with E-state index >= 15 is 0 Å². The van der Waals surface area contributed by atoms with Gasteiger partial charge in [-0.2, -0.15) is 0 Å². The first kappa shape index (κ1) is 18.7. The van der Waals surface area contributed by atoms with Crippen LogP contribution in [0.25, 0.3) is 0 Å². The summed E-state index contributed by atoms with van der Waals surface area (Å²) in [6.45, 7) is 5.22. The number of likely N-dealkylation sites (tertiary alicyclic amines) is 1. The van der Waals surface area contributed by atoms with Gasteiger partial charge in [0.2, 0.25) is 5.60 Å². The van der Waals surface area contributed by atoms with E-state index in [2.05, 4.69) is 10.1 Å². The second-order valence-electron chi connectivity index (χ2n) is 8.02. The van der Waals surface area contributed by atoms with Gasteiger partial charge in [0.15, 0.2) is 0 Å². The van der Waals surface area contributed by atoms with E-state index in [0.717, 1.165) is 17.1 Å². The number of hydrogen-bond acceptors (Lipinski definition) is 5. The molecule has 0 spiro atoms. The third-order valence-corrected chi connectivity index (χ3v) is 5.79. The quantitative estimate of drug-likeness (QED) is 0.879. The van der Waals surface area contributed by atoms with Crippen LogP contribution in [0, 0.1) is 6.92 Å². The van der Waals surface area contributed by atoms with Gasteiger partial charge in [0, 0.05) is 31.9 Å². The molecule has 2 aliphatic rings. The molecule has 4 rings (SSSR count). The summed E-state index contributed by atoms with van der Waals surface area (Å²) >= 11 is 0. The molecule has 2 aliphatic heterocycles. The van der Waals surface area contributed by atoms with Crippen LogP contribution in [-0.4, -0.2) is 55.5 Å². The smallest absolute Gasteiger partial charge is 0.269 e. The third kappa shape index (κ3) is 3.54. The molecule has 3 heterocycles. The lowest BCUT2D eigenvalue weighted by Crippen LogP contribution is -2.54. The van der Waals surface area contributed by atoms with Gasteiger partial charge in [0.25, 0.3) is 5.91 Å². The van der Waals surface area contributed by atoms with E-state index in [4.69, 9.17) is 4.84 Å². The van der Waals surface area contributed by atoms with Crippen molar-refractivity contribution in [3.63, 3.8) is 0 Å². The minimum absolute atomic E-state index is 0.0666. The number of nitrogens with zero attached hydrogens (tertiary/aromatic N) is 4. The first-order valence-corrected chi connectivity index (χ1v) is 9.69. The van der Waals surface area contributed by atoms with Crippen LogP contribution in [0.3, 0.4) is 0 Å². The van der Waals surface area contributed by atoms with Crippen LogP contribution in [0.15, 0.2) is 47.9 Å². The highest BCUT2D eigenvalue weighted by molar-refractivity contribution is 6.05. The Balaban J connectivity index is 1.37. The van der Waals surface area contributed by atoms with Crippen LogP contribution < -0.4 is 0 Å². The van der Waals surface area contributed by atoms with E-state index in [9.17, 15) is 9.90 Å². The Labute approximate surface area is 164 Å². The summed E-state index contributed by atoms with van der Waals surface area (Å²) in [6.07, 6.45) is 5.11. The summed E-state index contributed by atoms with van der Waals surface area (Å²) in [7, 11) is 0. The number of aryl methyl sites for hydroxylation is 1. The Bertz CT molecular complexity index is 884. The topological polar surface area (TPSA) is 80.0 Å². The molecule has 1 aromatic carbocycles. The molecule has 148 valence electrons. The SMILES string of the molecule is Cc1nccn1CC1(O)CCN(C(=O)C2(C)CC(c3ccccc3)=NO2)CC1. The molecule has 7 heteroatoms. The molecule has 1 atom stereocenters. The van der Waals surface area contributed by atoms with Gasteiger partial charge in [-0.15, -0.1) is 0 Å². The molecule has 2 aromatic rings. The average Bonchev–Trinajstić information content (AvgIpc) is 3.29. The van der Waals surface area contributed by atoms with Crippen molar-refractivity contribution < 1.29 is 14.7 Å². The van der Waals surface area contributed by atoms with E-state index < -0.39 is 11.2 Å². The van der Waals surface area contributed by atoms with Gasteiger partial charge >= 0.3 is 0 Å². The van der Waals surface area contributed by atoms with Crippen LogP contribution in [0.1, 0.15) is 37.6 Å². The summed E-state index contributed by atoms with van der Waals surface area (Å²) in [5.74, 6) is 0.812. The Morgan fingerprint density at radius 3 is 2.61 bits per heavy atom. The maximum absolute atomic E-state index is 13.1. The fourth-order valence-electron chi connectivity index (χ4n) is 3.95. The van der Waals surface area contributed by atoms with Crippen LogP contribution in [-0.2, 0) is 16.2 Å². The maximum Gasteiger partial charge on any atom is 0.269 e. The predicted molar refractivity (Wildman–Crippen MR) is 105 cm³/mol. The van der Waals surface area contributed by atoms with Crippen LogP contribution in [0.5, 0.6) is 0 Å². The van der Waals surface area contributed by atoms with Crippen LogP contribution in [0.4, 0.5) is 0 Å². The molecule has 1 saturated heterocycles. The van der Waals surface area contributed by atoms with Gasteiger partial charge in [-0.25, -0.2) is 4.98 Å². The molecular formula is C21H26N4O3. The number of carbonyl (C=O) groups excluding carboxylic acids is 1. The molecule has 1 aromatic heterocycles. The molecule has 1 unspecified atom stereocenters. The summed E-state index contributed by atoms with van der Waals surface area (Å²) < 4.78 is 1.96. The lowest BCUT2D eigenvalue weighted by atomic mass is 9.89. The highest BCUT2D eigenvalue weighted by Crippen LogP contribution is 2.31. The molecular weight excluding hydrogens is 356 g/mol. The van der Waals surface area contributed by atoms with Crippen LogP contribution in [0.2, 0.25) is 0 Å². The molecule has 0 radical (unpaired) electrons. The number of amides is 1. The Morgan fingerprint density at radius 2 is 1.96 bits per heavy atom. The maximum atomic E-state index is 13.1. The number of benzene rings is 1. The number of imidazole rings is 1. The van der Waals surface area contributed by atoms with E-state index in [0.29, 0.717) is 38.9 Å². The highest BCUT2D eigenvalue weighted by Gasteiger charge is 2.46. The Hall–Kier alpha value is -2.67. The van der Waals surface area contributed by atoms with E-state index in [1.165, 1.54) is 0 Å². The van der Waals surface area contributed by atoms with Crippen molar-refractivity contribution in [1.82, 2.24) is 14.5 Å². The number of hydrogen-bond donors (Lipinski definition) is 1. The average molecular weight is 382 g/mol. The monoisotopic (exact) mass is 382 g/mol. The molecule has 0 saturated carbocycles. The summed E-state index contributed by atoms with van der Waals surface area (Å²) in [5, 5.41) is 15.1. The normalized spacial score (nSPS) is 24.0. The van der Waals surface area contributed by atoms with Crippen molar-refractivity contribution in [2.45, 2.75) is 50.9 Å². The predicted octanol–water partition coefficient (Wildman–Crippen LogP) is 2.13. The van der Waals surface area contributed by atoms with Crippen molar-refractivity contribution in [3.8, 4) is 0 Å². The first-order chi connectivity index (χ1) is 13.4. The fraction of sp³-hybridized carbons (Fsp3) is 0.476. The minimum Gasteiger partial charge on any atom is -0.388 e. The van der Waals surface area contributed by atoms with E-state index in [1.54, 1.807) is 18.0 Å². The zero-order valence-corrected chi connectivity index (χ0v) is 16.3. The standard InChI is InChI=1S/C21H26N4O3/c1-16-22-10-13-25(16)15-21(27)8-11-24(12-9-21)19(26)20(2)14-18(23-28-20)17-6-4-3-5-7-17/h3-7,10,13,27H,8-9,11-12,14-15H2,1-2H3. The Morgan fingerprint density at radius 1 is 1.25 bits per heavy atom. The number of rotatable bonds is 4. The van der Waals surface area contributed by atoms with Crippen molar-refractivity contribution in [1.29, 1.82) is 0 Å². The van der Waals surface area contributed by atoms with Gasteiger partial charge in [-0.3, -0.25) is 4.79 Å². The van der Waals surface area contributed by atoms with Gasteiger partial charge < -0.3 is 19.4 Å². The van der Waals surface area contributed by atoms with Gasteiger partial charge in [-0.05, 0) is 32.3 Å². The molecule has 1 fully saturated rings. The summed E-state index contributed by atoms with van der Waals surface area (Å²) in [5.41, 5.74) is -0.0456. The second-order valence-corrected chi connectivity index (χ2v) is 8.02. The largest absolute Gasteiger partial charge is 0.388 e. The zero-order valence-electron chi connectivity index (χ0n) is 16.3. The molecule has 28 heavy (non-hydrogen) atoms. The van der Waals surface area contributed by atoms with Crippen molar-refractivity contribution in [2.24, 2.45) is 5.16 Å². The number of oxime groups is 1. The lowest BCUT2D eigenvalue weighted by molar-refractivity contribution is -0.157. The number of aromatic nitrogens is 2. The van der Waals surface area contributed by atoms with Gasteiger partial charge in [-0.1, -0.05) is 35.5 Å². The third-order valence-electron chi connectivity index (χ3n) is 5.79. The zero-order chi connectivity index (χ0) is 19.8. The second kappa shape index (κ2) is 7.05. The van der Waals surface area contributed by atoms with Crippen molar-refractivity contribution in [2.75, 3.05) is 13.1 Å². The summed E-state index contributed by atoms with van der Waals surface area (Å²) in [4.78, 5) is 24.7. The summed E-state index contributed by atoms with van der Waals surface area (Å²) in [6, 6.07) is 9.78. The fourth-order valence-corrected chi connectivity index (χ4v) is 3.95. The molecule has 7 nitrogen and oxygen atoms in total. The molecule has 0 bridgehead atoms. The Kier molecular flexibility index (Phi) is 4.71. The van der Waals surface area contributed by atoms with Crippen LogP contribution >= 0.6 is 0 Å². The molecule has 0 aliphatic carbocycles. The lowest BCUT2D eigenvalue weighted by Gasteiger charge is -2.40. The number of piperidine rings is 1. The molecule has 1 N–H and O–H groups in total. The van der Waals surface area contributed by atoms with E-state index in [-0.39, 0.29) is 5.91 Å². The highest BCUT2D eigenvalue weighted by atomic mass is 16.7. The van der Waals surface area contributed by atoms with Crippen molar-refractivity contribution >= 4 is 11.6 Å². The number of carbonyl (C=O) groups is 1. The van der Waals surface area contributed by atoms with Crippen molar-refractivity contribution in [3.05, 3.63) is 54.1 Å². The molecule has 1 amide bonds.